The molecule has 6 nitrogen and oxygen atoms in total. The molecule has 1 atom stereocenters. The molecule has 0 radical (unpaired) electrons. The van der Waals surface area contributed by atoms with E-state index in [-0.39, 0.29) is 24.2 Å². The predicted octanol–water partition coefficient (Wildman–Crippen LogP) is 4.41. The van der Waals surface area contributed by atoms with Gasteiger partial charge >= 0.3 is 12.4 Å². The van der Waals surface area contributed by atoms with Crippen LogP contribution >= 0.6 is 11.3 Å². The van der Waals surface area contributed by atoms with Gasteiger partial charge in [-0.05, 0) is 23.6 Å². The van der Waals surface area contributed by atoms with Crippen molar-refractivity contribution in [2.45, 2.75) is 24.9 Å². The fourth-order valence-electron chi connectivity index (χ4n) is 2.88. The van der Waals surface area contributed by atoms with Crippen molar-refractivity contribution in [3.63, 3.8) is 0 Å². The molecule has 1 aliphatic heterocycles. The van der Waals surface area contributed by atoms with E-state index in [9.17, 15) is 26.3 Å². The van der Waals surface area contributed by atoms with Gasteiger partial charge in [0.1, 0.15) is 11.0 Å². The predicted molar refractivity (Wildman–Crippen MR) is 107 cm³/mol. The number of rotatable bonds is 3. The summed E-state index contributed by atoms with van der Waals surface area (Å²) in [6.45, 7) is -0.377. The van der Waals surface area contributed by atoms with Crippen molar-refractivity contribution in [1.29, 1.82) is 0 Å². The van der Waals surface area contributed by atoms with Crippen LogP contribution < -0.4 is 5.32 Å². The van der Waals surface area contributed by atoms with Gasteiger partial charge in [0.05, 0.1) is 29.4 Å². The summed E-state index contributed by atoms with van der Waals surface area (Å²) in [5.41, 5.74) is -2.68. The van der Waals surface area contributed by atoms with E-state index in [1.54, 1.807) is 18.6 Å². The number of aromatic nitrogens is 4. The number of halogens is 6. The lowest BCUT2D eigenvalue weighted by molar-refractivity contribution is -0.143. The summed E-state index contributed by atoms with van der Waals surface area (Å²) < 4.78 is 79.6. The number of nitrogens with one attached hydrogen (secondary N) is 1. The van der Waals surface area contributed by atoms with E-state index >= 15 is 0 Å². The topological polar surface area (TPSA) is 68.0 Å². The van der Waals surface area contributed by atoms with Gasteiger partial charge in [0, 0.05) is 24.8 Å². The summed E-state index contributed by atoms with van der Waals surface area (Å²) in [7, 11) is 0. The van der Waals surface area contributed by atoms with Crippen LogP contribution in [0.15, 0.2) is 48.0 Å². The second-order valence-electron chi connectivity index (χ2n) is 6.75. The molecule has 0 amide bonds. The fraction of sp³-hybridized carbons (Fsp3) is 0.200. The zero-order chi connectivity index (χ0) is 23.6. The molecular weight excluding hydrogens is 470 g/mol. The van der Waals surface area contributed by atoms with E-state index in [4.69, 9.17) is 0 Å². The van der Waals surface area contributed by atoms with Crippen molar-refractivity contribution in [3.8, 4) is 11.8 Å². The second-order valence-corrected chi connectivity index (χ2v) is 7.76. The Hall–Kier alpha value is -3.66. The molecule has 13 heteroatoms. The Bertz CT molecular complexity index is 1270. The number of alkyl halides is 6. The van der Waals surface area contributed by atoms with Crippen LogP contribution in [0, 0.1) is 11.8 Å². The van der Waals surface area contributed by atoms with E-state index < -0.39 is 23.5 Å². The average Bonchev–Trinajstić information content (AvgIpc) is 3.41. The summed E-state index contributed by atoms with van der Waals surface area (Å²) >= 11 is 1.25. The summed E-state index contributed by atoms with van der Waals surface area (Å²) in [5, 5.41) is 16.1. The minimum absolute atomic E-state index is 0.105. The smallest absolute Gasteiger partial charge is 0.376 e. The summed E-state index contributed by atoms with van der Waals surface area (Å²) in [6.07, 6.45) is -2.16. The van der Waals surface area contributed by atoms with Crippen LogP contribution in [0.3, 0.4) is 0 Å². The molecular formula is C20H12F6N6S. The maximum atomic E-state index is 13.3. The maximum absolute atomic E-state index is 13.3. The van der Waals surface area contributed by atoms with E-state index in [1.807, 2.05) is 0 Å². The Balaban J connectivity index is 1.51. The molecule has 3 heterocycles. The van der Waals surface area contributed by atoms with Crippen molar-refractivity contribution in [2.75, 3.05) is 0 Å². The Labute approximate surface area is 186 Å². The molecule has 1 unspecified atom stereocenters. The molecule has 0 spiro atoms. The number of benzene rings is 1. The van der Waals surface area contributed by atoms with E-state index in [0.717, 1.165) is 6.07 Å². The monoisotopic (exact) mass is 482 g/mol. The molecule has 1 N–H and O–H groups in total. The third kappa shape index (κ3) is 5.40. The zero-order valence-electron chi connectivity index (χ0n) is 16.3. The van der Waals surface area contributed by atoms with Crippen molar-refractivity contribution in [1.82, 2.24) is 25.3 Å². The first-order valence-electron chi connectivity index (χ1n) is 9.19. The summed E-state index contributed by atoms with van der Waals surface area (Å²) in [4.78, 5) is 4.01. The van der Waals surface area contributed by atoms with Crippen molar-refractivity contribution in [2.24, 2.45) is 4.99 Å². The van der Waals surface area contributed by atoms with E-state index in [0.29, 0.717) is 21.6 Å². The SMILES string of the molecule is FC(F)(F)c1ccc(Cn2cc(C#Cc3nnc(C4C=NC=CN4)s3)cn2)c(C(F)(F)F)c1. The van der Waals surface area contributed by atoms with E-state index in [1.165, 1.54) is 28.4 Å². The molecule has 3 aromatic rings. The van der Waals surface area contributed by atoms with Gasteiger partial charge in [0.15, 0.2) is 5.01 Å². The highest BCUT2D eigenvalue weighted by Crippen LogP contribution is 2.37. The quantitative estimate of drug-likeness (QED) is 0.444. The van der Waals surface area contributed by atoms with Gasteiger partial charge in [-0.25, -0.2) is 0 Å². The van der Waals surface area contributed by atoms with Gasteiger partial charge in [-0.15, -0.1) is 10.2 Å². The van der Waals surface area contributed by atoms with Gasteiger partial charge < -0.3 is 5.32 Å². The van der Waals surface area contributed by atoms with E-state index in [2.05, 4.69) is 37.4 Å². The molecule has 1 aliphatic rings. The van der Waals surface area contributed by atoms with Crippen LogP contribution in [0.4, 0.5) is 26.3 Å². The lowest BCUT2D eigenvalue weighted by Crippen LogP contribution is -2.18. The minimum Gasteiger partial charge on any atom is -0.376 e. The number of aliphatic imine (C=N–C) groups is 1. The third-order valence-corrected chi connectivity index (χ3v) is 5.32. The Kier molecular flexibility index (Phi) is 5.94. The Morgan fingerprint density at radius 1 is 1.06 bits per heavy atom. The fourth-order valence-corrected chi connectivity index (χ4v) is 3.60. The van der Waals surface area contributed by atoms with Gasteiger partial charge in [-0.2, -0.15) is 31.4 Å². The van der Waals surface area contributed by atoms with Crippen LogP contribution in [-0.2, 0) is 18.9 Å². The van der Waals surface area contributed by atoms with Crippen LogP contribution in [-0.4, -0.2) is 26.2 Å². The van der Waals surface area contributed by atoms with Gasteiger partial charge in [0.2, 0.25) is 0 Å². The van der Waals surface area contributed by atoms with Crippen LogP contribution in [0.5, 0.6) is 0 Å². The normalized spacial score (nSPS) is 15.8. The molecule has 4 rings (SSSR count). The lowest BCUT2D eigenvalue weighted by Gasteiger charge is -2.16. The molecule has 33 heavy (non-hydrogen) atoms. The number of hydrogen-bond donors (Lipinski definition) is 1. The van der Waals surface area contributed by atoms with Gasteiger partial charge in [-0.3, -0.25) is 9.67 Å². The molecule has 0 fully saturated rings. The second kappa shape index (κ2) is 8.70. The molecule has 0 aliphatic carbocycles. The molecule has 2 aromatic heterocycles. The standard InChI is InChI=1S/C20H12F6N6S/c21-19(22,23)14-3-2-13(15(7-14)20(24,25)26)11-32-10-12(8-29-32)1-4-17-30-31-18(33-17)16-9-27-5-6-28-16/h2-3,5-10,16,28H,11H2. The summed E-state index contributed by atoms with van der Waals surface area (Å²) in [6, 6.07) is 1.31. The number of nitrogens with zero attached hydrogens (tertiary/aromatic N) is 5. The molecule has 0 bridgehead atoms. The third-order valence-electron chi connectivity index (χ3n) is 4.40. The highest BCUT2D eigenvalue weighted by Gasteiger charge is 2.38. The summed E-state index contributed by atoms with van der Waals surface area (Å²) in [5.74, 6) is 5.60. The molecule has 170 valence electrons. The average molecular weight is 482 g/mol. The maximum Gasteiger partial charge on any atom is 0.416 e. The zero-order valence-corrected chi connectivity index (χ0v) is 17.1. The van der Waals surface area contributed by atoms with Crippen LogP contribution in [0.2, 0.25) is 0 Å². The van der Waals surface area contributed by atoms with Crippen molar-refractivity contribution >= 4 is 17.6 Å². The lowest BCUT2D eigenvalue weighted by atomic mass is 10.0. The first-order valence-corrected chi connectivity index (χ1v) is 10.0. The van der Waals surface area contributed by atoms with Gasteiger partial charge in [-0.1, -0.05) is 23.3 Å². The minimum atomic E-state index is -4.95. The number of hydrogen-bond acceptors (Lipinski definition) is 6. The molecule has 0 saturated carbocycles. The van der Waals surface area contributed by atoms with Crippen molar-refractivity contribution in [3.05, 3.63) is 75.3 Å². The highest BCUT2D eigenvalue weighted by molar-refractivity contribution is 7.12. The molecule has 1 aromatic carbocycles. The first-order chi connectivity index (χ1) is 15.6. The molecule has 0 saturated heterocycles. The first kappa shape index (κ1) is 22.5. The van der Waals surface area contributed by atoms with Gasteiger partial charge in [0.25, 0.3) is 0 Å². The Morgan fingerprint density at radius 2 is 1.88 bits per heavy atom. The Morgan fingerprint density at radius 3 is 2.58 bits per heavy atom. The van der Waals surface area contributed by atoms with Crippen LogP contribution in [0.25, 0.3) is 0 Å². The highest BCUT2D eigenvalue weighted by atomic mass is 32.1. The van der Waals surface area contributed by atoms with Crippen molar-refractivity contribution < 1.29 is 26.3 Å². The van der Waals surface area contributed by atoms with Crippen LogP contribution in [0.1, 0.15) is 38.3 Å². The largest absolute Gasteiger partial charge is 0.416 e.